The maximum Gasteiger partial charge on any atom is 0.311 e. The maximum absolute atomic E-state index is 12.9. The Bertz CT molecular complexity index is 1020. The highest BCUT2D eigenvalue weighted by Crippen LogP contribution is 2.45. The van der Waals surface area contributed by atoms with Gasteiger partial charge in [-0.15, -0.1) is 0 Å². The lowest BCUT2D eigenvalue weighted by molar-refractivity contribution is -0.134. The number of anilines is 1. The number of nitrogens with zero attached hydrogens (tertiary/aromatic N) is 1. The lowest BCUT2D eigenvalue weighted by atomic mass is 10.1. The van der Waals surface area contributed by atoms with Gasteiger partial charge in [-0.3, -0.25) is 14.4 Å². The van der Waals surface area contributed by atoms with Crippen molar-refractivity contribution >= 4 is 69.9 Å². The highest BCUT2D eigenvalue weighted by molar-refractivity contribution is 6.56. The summed E-state index contributed by atoms with van der Waals surface area (Å²) in [6.45, 7) is 2.18. The smallest absolute Gasteiger partial charge is 0.311 e. The Morgan fingerprint density at radius 1 is 0.758 bits per heavy atom. The number of benzene rings is 2. The third-order valence-corrected chi connectivity index (χ3v) is 7.21. The first-order chi connectivity index (χ1) is 15.8. The number of amides is 2. The normalized spacial score (nSPS) is 12.9. The van der Waals surface area contributed by atoms with Gasteiger partial charge in [0.15, 0.2) is 0 Å². The van der Waals surface area contributed by atoms with Gasteiger partial charge >= 0.3 is 5.97 Å². The SMILES string of the molecule is CCCCCCCCCC(=O)Oc1ccc(N2C(=O)c3c(Cl)c(Cl)c(Cl)c(Cl)c3C2=O)cc1. The number of hydrogen-bond acceptors (Lipinski definition) is 4. The van der Waals surface area contributed by atoms with Crippen LogP contribution >= 0.6 is 46.4 Å². The minimum absolute atomic E-state index is 0.0895. The van der Waals surface area contributed by atoms with Crippen LogP contribution in [0.4, 0.5) is 5.69 Å². The number of esters is 1. The number of halogens is 4. The minimum Gasteiger partial charge on any atom is -0.427 e. The number of unbranched alkanes of at least 4 members (excludes halogenated alkanes) is 6. The van der Waals surface area contributed by atoms with Crippen molar-refractivity contribution in [3.8, 4) is 5.75 Å². The molecular weight excluding hydrogens is 508 g/mol. The number of imide groups is 1. The van der Waals surface area contributed by atoms with Gasteiger partial charge in [-0.2, -0.15) is 0 Å². The van der Waals surface area contributed by atoms with E-state index >= 15 is 0 Å². The van der Waals surface area contributed by atoms with E-state index in [-0.39, 0.29) is 42.9 Å². The molecule has 33 heavy (non-hydrogen) atoms. The standard InChI is InChI=1S/C24H23Cl4NO4/c1-2-3-4-5-6-7-8-9-16(30)33-15-12-10-14(11-13-15)29-23(31)17-18(24(29)32)20(26)22(28)21(27)19(17)25/h10-13H,2-9H2,1H3. The van der Waals surface area contributed by atoms with Crippen LogP contribution in [0.25, 0.3) is 0 Å². The zero-order valence-corrected chi connectivity index (χ0v) is 21.1. The van der Waals surface area contributed by atoms with Crippen LogP contribution in [0.5, 0.6) is 5.75 Å². The summed E-state index contributed by atoms with van der Waals surface area (Å²) in [6, 6.07) is 6.04. The predicted octanol–water partition coefficient (Wildman–Crippen LogP) is 8.15. The van der Waals surface area contributed by atoms with Crippen molar-refractivity contribution in [2.45, 2.75) is 58.3 Å². The van der Waals surface area contributed by atoms with Crippen molar-refractivity contribution in [1.29, 1.82) is 0 Å². The molecular formula is C24H23Cl4NO4. The van der Waals surface area contributed by atoms with Crippen LogP contribution in [0.2, 0.25) is 20.1 Å². The van der Waals surface area contributed by atoms with E-state index in [9.17, 15) is 14.4 Å². The largest absolute Gasteiger partial charge is 0.427 e. The van der Waals surface area contributed by atoms with E-state index in [0.29, 0.717) is 12.2 Å². The third-order valence-electron chi connectivity index (χ3n) is 5.41. The number of fused-ring (bicyclic) bond motifs is 1. The van der Waals surface area contributed by atoms with Crippen LogP contribution in [-0.2, 0) is 4.79 Å². The zero-order valence-electron chi connectivity index (χ0n) is 18.1. The molecule has 2 aromatic carbocycles. The topological polar surface area (TPSA) is 63.7 Å². The zero-order chi connectivity index (χ0) is 24.1. The third kappa shape index (κ3) is 5.65. The first kappa shape index (κ1) is 25.8. The Hall–Kier alpha value is -1.79. The van der Waals surface area contributed by atoms with E-state index < -0.39 is 11.8 Å². The van der Waals surface area contributed by atoms with Crippen molar-refractivity contribution in [3.63, 3.8) is 0 Å². The summed E-state index contributed by atoms with van der Waals surface area (Å²) >= 11 is 24.4. The van der Waals surface area contributed by atoms with Gasteiger partial charge in [-0.05, 0) is 30.7 Å². The second kappa shape index (κ2) is 11.6. The fourth-order valence-electron chi connectivity index (χ4n) is 3.66. The van der Waals surface area contributed by atoms with Crippen molar-refractivity contribution < 1.29 is 19.1 Å². The molecule has 0 fully saturated rings. The Morgan fingerprint density at radius 2 is 1.24 bits per heavy atom. The Morgan fingerprint density at radius 3 is 1.76 bits per heavy atom. The van der Waals surface area contributed by atoms with E-state index in [4.69, 9.17) is 51.1 Å². The van der Waals surface area contributed by atoms with E-state index in [1.807, 2.05) is 0 Å². The van der Waals surface area contributed by atoms with Gasteiger partial charge in [-0.1, -0.05) is 91.9 Å². The summed E-state index contributed by atoms with van der Waals surface area (Å²) in [6.07, 6.45) is 8.12. The molecule has 0 aliphatic carbocycles. The lowest BCUT2D eigenvalue weighted by Crippen LogP contribution is -2.29. The molecule has 0 saturated heterocycles. The molecule has 0 unspecified atom stereocenters. The quantitative estimate of drug-likeness (QED) is 0.0776. The monoisotopic (exact) mass is 529 g/mol. The summed E-state index contributed by atoms with van der Waals surface area (Å²) < 4.78 is 5.36. The highest BCUT2D eigenvalue weighted by Gasteiger charge is 2.42. The first-order valence-corrected chi connectivity index (χ1v) is 12.3. The number of carbonyl (C=O) groups is 3. The summed E-state index contributed by atoms with van der Waals surface area (Å²) in [5.74, 6) is -1.32. The first-order valence-electron chi connectivity index (χ1n) is 10.8. The lowest BCUT2D eigenvalue weighted by Gasteiger charge is -2.14. The number of hydrogen-bond donors (Lipinski definition) is 0. The van der Waals surface area contributed by atoms with Gasteiger partial charge in [0.25, 0.3) is 11.8 Å². The Kier molecular flexibility index (Phi) is 9.05. The van der Waals surface area contributed by atoms with Crippen molar-refractivity contribution in [3.05, 3.63) is 55.5 Å². The van der Waals surface area contributed by atoms with Crippen molar-refractivity contribution in [2.75, 3.05) is 4.90 Å². The molecule has 0 N–H and O–H groups in total. The molecule has 1 heterocycles. The molecule has 2 amide bonds. The summed E-state index contributed by atoms with van der Waals surface area (Å²) in [4.78, 5) is 38.8. The van der Waals surface area contributed by atoms with Gasteiger partial charge in [-0.25, -0.2) is 4.90 Å². The number of ether oxygens (including phenoxy) is 1. The average molecular weight is 531 g/mol. The van der Waals surface area contributed by atoms with Crippen molar-refractivity contribution in [2.24, 2.45) is 0 Å². The van der Waals surface area contributed by atoms with Gasteiger partial charge in [0, 0.05) is 6.42 Å². The fourth-order valence-corrected chi connectivity index (χ4v) is 4.67. The van der Waals surface area contributed by atoms with E-state index in [0.717, 1.165) is 24.2 Å². The van der Waals surface area contributed by atoms with Crippen LogP contribution < -0.4 is 9.64 Å². The molecule has 3 rings (SSSR count). The van der Waals surface area contributed by atoms with Gasteiger partial charge in [0.1, 0.15) is 5.75 Å². The van der Waals surface area contributed by atoms with Crippen LogP contribution in [0.3, 0.4) is 0 Å². The van der Waals surface area contributed by atoms with E-state index in [1.165, 1.54) is 49.9 Å². The maximum atomic E-state index is 12.9. The molecule has 5 nitrogen and oxygen atoms in total. The molecule has 0 radical (unpaired) electrons. The molecule has 0 bridgehead atoms. The second-order valence-electron chi connectivity index (χ2n) is 7.79. The van der Waals surface area contributed by atoms with Crippen LogP contribution in [0, 0.1) is 0 Å². The van der Waals surface area contributed by atoms with E-state index in [1.54, 1.807) is 0 Å². The van der Waals surface area contributed by atoms with Gasteiger partial charge in [0.05, 0.1) is 36.9 Å². The predicted molar refractivity (Wildman–Crippen MR) is 132 cm³/mol. The molecule has 1 aliphatic rings. The molecule has 9 heteroatoms. The summed E-state index contributed by atoms with van der Waals surface area (Å²) in [5.41, 5.74) is 0.0880. The average Bonchev–Trinajstić information content (AvgIpc) is 3.06. The molecule has 176 valence electrons. The van der Waals surface area contributed by atoms with Crippen LogP contribution in [0.15, 0.2) is 24.3 Å². The molecule has 0 spiro atoms. The van der Waals surface area contributed by atoms with Crippen LogP contribution in [-0.4, -0.2) is 17.8 Å². The minimum atomic E-state index is -0.663. The number of carbonyl (C=O) groups excluding carboxylic acids is 3. The van der Waals surface area contributed by atoms with Gasteiger partial charge in [0.2, 0.25) is 0 Å². The van der Waals surface area contributed by atoms with Gasteiger partial charge < -0.3 is 4.74 Å². The molecule has 2 aromatic rings. The molecule has 0 atom stereocenters. The Balaban J connectivity index is 1.62. The fraction of sp³-hybridized carbons (Fsp3) is 0.375. The number of rotatable bonds is 10. The van der Waals surface area contributed by atoms with Crippen molar-refractivity contribution in [1.82, 2.24) is 0 Å². The Labute approximate surface area is 212 Å². The van der Waals surface area contributed by atoms with Crippen LogP contribution in [0.1, 0.15) is 79.0 Å². The molecule has 1 aliphatic heterocycles. The summed E-state index contributed by atoms with van der Waals surface area (Å²) in [7, 11) is 0. The molecule has 0 saturated carbocycles. The second-order valence-corrected chi connectivity index (χ2v) is 9.30. The van der Waals surface area contributed by atoms with E-state index in [2.05, 4.69) is 6.92 Å². The summed E-state index contributed by atoms with van der Waals surface area (Å²) in [5, 5.41) is -0.433. The molecule has 0 aromatic heterocycles. The highest BCUT2D eigenvalue weighted by atomic mass is 35.5.